The summed E-state index contributed by atoms with van der Waals surface area (Å²) in [6.45, 7) is 0. The van der Waals surface area contributed by atoms with E-state index < -0.39 is 24.0 Å². The molecule has 112 valence electrons. The summed E-state index contributed by atoms with van der Waals surface area (Å²) in [5.74, 6) is -1.83. The molecule has 2 atom stereocenters. The van der Waals surface area contributed by atoms with E-state index in [0.717, 1.165) is 0 Å². The van der Waals surface area contributed by atoms with E-state index in [2.05, 4.69) is 10.6 Å². The number of hydrogen-bond acceptors (Lipinski definition) is 3. The summed E-state index contributed by atoms with van der Waals surface area (Å²) in [6, 6.07) is 5.12. The molecule has 21 heavy (non-hydrogen) atoms. The summed E-state index contributed by atoms with van der Waals surface area (Å²) in [4.78, 5) is 34.3. The molecule has 0 saturated carbocycles. The van der Waals surface area contributed by atoms with E-state index >= 15 is 0 Å². The molecule has 1 aromatic carbocycles. The first-order valence-corrected chi connectivity index (χ1v) is 6.91. The predicted octanol–water partition coefficient (Wildman–Crippen LogP) is 0.730. The highest BCUT2D eigenvalue weighted by Crippen LogP contribution is 2.17. The van der Waals surface area contributed by atoms with Gasteiger partial charge >= 0.3 is 5.97 Å². The van der Waals surface area contributed by atoms with Gasteiger partial charge in [-0.15, -0.1) is 0 Å². The molecule has 2 rings (SSSR count). The van der Waals surface area contributed by atoms with E-state index in [9.17, 15) is 19.5 Å². The monoisotopic (exact) mass is 310 g/mol. The fraction of sp³-hybridized carbons (Fsp3) is 0.357. The van der Waals surface area contributed by atoms with Crippen molar-refractivity contribution >= 4 is 29.4 Å². The second-order valence-corrected chi connectivity index (χ2v) is 5.26. The van der Waals surface area contributed by atoms with Gasteiger partial charge in [0.25, 0.3) is 0 Å². The highest BCUT2D eigenvalue weighted by Gasteiger charge is 2.30. The second kappa shape index (κ2) is 6.58. The second-order valence-electron chi connectivity index (χ2n) is 4.85. The van der Waals surface area contributed by atoms with Crippen LogP contribution in [-0.2, 0) is 20.8 Å². The Labute approximate surface area is 126 Å². The number of carboxylic acid groups (broad SMARTS) is 1. The Morgan fingerprint density at radius 3 is 2.71 bits per heavy atom. The van der Waals surface area contributed by atoms with Crippen LogP contribution < -0.4 is 10.6 Å². The summed E-state index contributed by atoms with van der Waals surface area (Å²) in [6.07, 6.45) is 0.741. The number of carboxylic acids is 1. The van der Waals surface area contributed by atoms with Crippen LogP contribution in [0.2, 0.25) is 5.02 Å². The van der Waals surface area contributed by atoms with Crippen LogP contribution in [0.1, 0.15) is 18.4 Å². The average molecular weight is 311 g/mol. The van der Waals surface area contributed by atoms with Crippen molar-refractivity contribution in [1.82, 2.24) is 10.6 Å². The minimum absolute atomic E-state index is 0.0847. The molecule has 1 saturated heterocycles. The lowest BCUT2D eigenvalue weighted by molar-refractivity contribution is -0.142. The Hall–Kier alpha value is -2.08. The van der Waals surface area contributed by atoms with Gasteiger partial charge in [-0.3, -0.25) is 9.59 Å². The third-order valence-corrected chi connectivity index (χ3v) is 3.68. The van der Waals surface area contributed by atoms with Crippen molar-refractivity contribution < 1.29 is 19.5 Å². The first-order valence-electron chi connectivity index (χ1n) is 6.53. The fourth-order valence-electron chi connectivity index (χ4n) is 2.17. The molecule has 0 spiro atoms. The third-order valence-electron chi connectivity index (χ3n) is 3.31. The highest BCUT2D eigenvalue weighted by atomic mass is 35.5. The number of nitrogens with one attached hydrogen (secondary N) is 2. The van der Waals surface area contributed by atoms with Crippen molar-refractivity contribution in [3.63, 3.8) is 0 Å². The SMILES string of the molecule is O=C1CC[C@H](C(=O)N[C@@H](Cc2ccccc2Cl)C(=O)O)N1. The lowest BCUT2D eigenvalue weighted by atomic mass is 10.1. The molecule has 1 fully saturated rings. The minimum Gasteiger partial charge on any atom is -0.480 e. The summed E-state index contributed by atoms with van der Waals surface area (Å²) < 4.78 is 0. The summed E-state index contributed by atoms with van der Waals surface area (Å²) in [5, 5.41) is 14.6. The Balaban J connectivity index is 2.03. The number of hydrogen-bond donors (Lipinski definition) is 3. The molecule has 6 nitrogen and oxygen atoms in total. The van der Waals surface area contributed by atoms with Crippen molar-refractivity contribution in [3.8, 4) is 0 Å². The van der Waals surface area contributed by atoms with Crippen LogP contribution in [0.25, 0.3) is 0 Å². The van der Waals surface area contributed by atoms with Crippen molar-refractivity contribution in [2.75, 3.05) is 0 Å². The highest BCUT2D eigenvalue weighted by molar-refractivity contribution is 6.31. The van der Waals surface area contributed by atoms with Crippen molar-refractivity contribution in [3.05, 3.63) is 34.9 Å². The molecule has 0 aromatic heterocycles. The predicted molar refractivity (Wildman–Crippen MR) is 75.9 cm³/mol. The van der Waals surface area contributed by atoms with Crippen molar-refractivity contribution in [1.29, 1.82) is 0 Å². The van der Waals surface area contributed by atoms with Gasteiger partial charge in [-0.1, -0.05) is 29.8 Å². The van der Waals surface area contributed by atoms with Gasteiger partial charge in [0.05, 0.1) is 0 Å². The molecule has 1 aliphatic rings. The maximum absolute atomic E-state index is 12.0. The van der Waals surface area contributed by atoms with Crippen molar-refractivity contribution in [2.24, 2.45) is 0 Å². The van der Waals surface area contributed by atoms with E-state index in [0.29, 0.717) is 17.0 Å². The molecule has 0 aliphatic carbocycles. The Morgan fingerprint density at radius 2 is 2.14 bits per heavy atom. The number of amides is 2. The van der Waals surface area contributed by atoms with E-state index in [-0.39, 0.29) is 18.7 Å². The molecular formula is C14H15ClN2O4. The van der Waals surface area contributed by atoms with Crippen molar-refractivity contribution in [2.45, 2.75) is 31.3 Å². The Kier molecular flexibility index (Phi) is 4.80. The van der Waals surface area contributed by atoms with Crippen LogP contribution in [0, 0.1) is 0 Å². The molecule has 0 unspecified atom stereocenters. The van der Waals surface area contributed by atoms with E-state index in [4.69, 9.17) is 11.6 Å². The van der Waals surface area contributed by atoms with Gasteiger partial charge in [0.2, 0.25) is 11.8 Å². The lowest BCUT2D eigenvalue weighted by Gasteiger charge is -2.18. The molecule has 0 radical (unpaired) electrons. The third kappa shape index (κ3) is 3.95. The summed E-state index contributed by atoms with van der Waals surface area (Å²) >= 11 is 5.99. The van der Waals surface area contributed by atoms with E-state index in [1.165, 1.54) is 0 Å². The number of rotatable bonds is 5. The average Bonchev–Trinajstić information content (AvgIpc) is 2.87. The molecule has 1 aromatic rings. The minimum atomic E-state index is -1.15. The lowest BCUT2D eigenvalue weighted by Crippen LogP contribution is -2.49. The van der Waals surface area contributed by atoms with Gasteiger partial charge in [-0.25, -0.2) is 4.79 Å². The topological polar surface area (TPSA) is 95.5 Å². The van der Waals surface area contributed by atoms with Crippen LogP contribution in [0.15, 0.2) is 24.3 Å². The maximum atomic E-state index is 12.0. The number of carbonyl (C=O) groups is 3. The summed E-state index contributed by atoms with van der Waals surface area (Å²) in [7, 11) is 0. The van der Waals surface area contributed by atoms with Gasteiger partial charge in [0, 0.05) is 17.9 Å². The first kappa shape index (κ1) is 15.3. The molecule has 1 aliphatic heterocycles. The van der Waals surface area contributed by atoms with Crippen LogP contribution in [-0.4, -0.2) is 35.0 Å². The zero-order valence-corrected chi connectivity index (χ0v) is 11.9. The maximum Gasteiger partial charge on any atom is 0.326 e. The number of halogens is 1. The normalized spacial score (nSPS) is 18.9. The number of carbonyl (C=O) groups excluding carboxylic acids is 2. The van der Waals surface area contributed by atoms with Crippen LogP contribution in [0.4, 0.5) is 0 Å². The molecule has 0 bridgehead atoms. The van der Waals surface area contributed by atoms with E-state index in [1.807, 2.05) is 0 Å². The standard InChI is InChI=1S/C14H15ClN2O4/c15-9-4-2-1-3-8(9)7-11(14(20)21)17-13(19)10-5-6-12(18)16-10/h1-4,10-11H,5-7H2,(H,16,18)(H,17,19)(H,20,21)/t10-,11+/m1/s1. The van der Waals surface area contributed by atoms with E-state index in [1.54, 1.807) is 24.3 Å². The van der Waals surface area contributed by atoms with Gasteiger partial charge in [-0.05, 0) is 18.1 Å². The molecule has 1 heterocycles. The molecule has 7 heteroatoms. The summed E-state index contributed by atoms with van der Waals surface area (Å²) in [5.41, 5.74) is 0.641. The quantitative estimate of drug-likeness (QED) is 0.747. The zero-order chi connectivity index (χ0) is 15.4. The Morgan fingerprint density at radius 1 is 1.43 bits per heavy atom. The van der Waals surface area contributed by atoms with Gasteiger partial charge < -0.3 is 15.7 Å². The molecule has 3 N–H and O–H groups in total. The van der Waals surface area contributed by atoms with Gasteiger partial charge in [-0.2, -0.15) is 0 Å². The number of aliphatic carboxylic acids is 1. The van der Waals surface area contributed by atoms with Crippen LogP contribution >= 0.6 is 11.6 Å². The first-order chi connectivity index (χ1) is 9.97. The van der Waals surface area contributed by atoms with Crippen LogP contribution in [0.3, 0.4) is 0 Å². The van der Waals surface area contributed by atoms with Gasteiger partial charge in [0.15, 0.2) is 0 Å². The zero-order valence-electron chi connectivity index (χ0n) is 11.1. The van der Waals surface area contributed by atoms with Crippen LogP contribution in [0.5, 0.6) is 0 Å². The largest absolute Gasteiger partial charge is 0.480 e. The molecule has 2 amide bonds. The Bertz CT molecular complexity index is 576. The smallest absolute Gasteiger partial charge is 0.326 e. The molecular weight excluding hydrogens is 296 g/mol. The van der Waals surface area contributed by atoms with Gasteiger partial charge in [0.1, 0.15) is 12.1 Å². The fourth-order valence-corrected chi connectivity index (χ4v) is 2.38. The number of benzene rings is 1.